The first kappa shape index (κ1) is 16.2. The first-order chi connectivity index (χ1) is 11.6. The molecule has 2 aliphatic rings. The van der Waals surface area contributed by atoms with Crippen molar-refractivity contribution in [3.63, 3.8) is 0 Å². The molecule has 1 aromatic rings. The Labute approximate surface area is 139 Å². The number of amides is 2. The number of carbonyl (C=O) groups excluding carboxylic acids is 2. The number of benzene rings is 1. The molecule has 24 heavy (non-hydrogen) atoms. The molecule has 1 saturated carbocycles. The van der Waals surface area contributed by atoms with E-state index in [1.54, 1.807) is 30.3 Å². The molecule has 3 rings (SSSR count). The van der Waals surface area contributed by atoms with Crippen molar-refractivity contribution in [1.82, 2.24) is 5.32 Å². The molecule has 0 bridgehead atoms. The number of carboxylic acids is 1. The van der Waals surface area contributed by atoms with E-state index in [4.69, 9.17) is 0 Å². The molecule has 1 aromatic carbocycles. The third kappa shape index (κ3) is 3.64. The molecule has 0 aliphatic heterocycles. The Balaban J connectivity index is 1.75. The molecule has 1 fully saturated rings. The fourth-order valence-corrected chi connectivity index (χ4v) is 2.88. The molecule has 0 spiro atoms. The summed E-state index contributed by atoms with van der Waals surface area (Å²) >= 11 is 0. The Bertz CT molecular complexity index is 694. The zero-order chi connectivity index (χ0) is 17.1. The summed E-state index contributed by atoms with van der Waals surface area (Å²) in [5.74, 6) is -2.92. The maximum absolute atomic E-state index is 12.6. The Kier molecular flexibility index (Phi) is 4.64. The van der Waals surface area contributed by atoms with Gasteiger partial charge in [0.1, 0.15) is 0 Å². The van der Waals surface area contributed by atoms with E-state index in [1.807, 2.05) is 6.08 Å². The smallest absolute Gasteiger partial charge is 0.307 e. The normalized spacial score (nSPS) is 22.7. The lowest BCUT2D eigenvalue weighted by Crippen LogP contribution is -2.35. The first-order valence-corrected chi connectivity index (χ1v) is 8.15. The van der Waals surface area contributed by atoms with Crippen LogP contribution >= 0.6 is 0 Å². The summed E-state index contributed by atoms with van der Waals surface area (Å²) in [7, 11) is 0. The van der Waals surface area contributed by atoms with Gasteiger partial charge < -0.3 is 15.7 Å². The number of hydrogen-bond donors (Lipinski definition) is 3. The molecular weight excluding hydrogens is 308 g/mol. The highest BCUT2D eigenvalue weighted by Crippen LogP contribution is 2.28. The fourth-order valence-electron chi connectivity index (χ4n) is 2.88. The van der Waals surface area contributed by atoms with Crippen molar-refractivity contribution < 1.29 is 19.5 Å². The van der Waals surface area contributed by atoms with Crippen molar-refractivity contribution in [2.45, 2.75) is 31.7 Å². The minimum Gasteiger partial charge on any atom is -0.481 e. The van der Waals surface area contributed by atoms with E-state index in [1.165, 1.54) is 0 Å². The monoisotopic (exact) mass is 328 g/mol. The van der Waals surface area contributed by atoms with Crippen LogP contribution in [-0.2, 0) is 9.59 Å². The standard InChI is InChI=1S/C18H20N2O4/c21-16(12-5-1-2-6-13(12)18(23)24)20-15-8-4-3-7-14(15)17(22)19-11-9-10-11/h1-4,7-8,11-13H,5-6,9-10H2,(H,19,22)(H,20,21)(H,23,24)/t12-,13+/m1/s1. The van der Waals surface area contributed by atoms with Crippen LogP contribution in [0.15, 0.2) is 36.4 Å². The Morgan fingerprint density at radius 1 is 1.00 bits per heavy atom. The molecule has 2 aliphatic carbocycles. The van der Waals surface area contributed by atoms with Crippen molar-refractivity contribution in [3.05, 3.63) is 42.0 Å². The summed E-state index contributed by atoms with van der Waals surface area (Å²) in [4.78, 5) is 36.2. The van der Waals surface area contributed by atoms with Crippen LogP contribution in [0.3, 0.4) is 0 Å². The van der Waals surface area contributed by atoms with Gasteiger partial charge >= 0.3 is 5.97 Å². The number of allylic oxidation sites excluding steroid dienone is 2. The highest BCUT2D eigenvalue weighted by Gasteiger charge is 2.34. The summed E-state index contributed by atoms with van der Waals surface area (Å²) in [5, 5.41) is 14.9. The van der Waals surface area contributed by atoms with Crippen LogP contribution in [0.25, 0.3) is 0 Å². The van der Waals surface area contributed by atoms with Crippen LogP contribution in [-0.4, -0.2) is 28.9 Å². The minimum absolute atomic E-state index is 0.216. The van der Waals surface area contributed by atoms with Crippen LogP contribution in [0.5, 0.6) is 0 Å². The van der Waals surface area contributed by atoms with E-state index in [-0.39, 0.29) is 17.9 Å². The van der Waals surface area contributed by atoms with Crippen LogP contribution < -0.4 is 10.6 Å². The third-order valence-corrected chi connectivity index (χ3v) is 4.43. The van der Waals surface area contributed by atoms with Gasteiger partial charge in [-0.2, -0.15) is 0 Å². The molecule has 0 radical (unpaired) electrons. The largest absolute Gasteiger partial charge is 0.481 e. The molecule has 126 valence electrons. The van der Waals surface area contributed by atoms with Gasteiger partial charge in [0.05, 0.1) is 23.1 Å². The number of anilines is 1. The van der Waals surface area contributed by atoms with E-state index in [0.717, 1.165) is 12.8 Å². The zero-order valence-corrected chi connectivity index (χ0v) is 13.2. The summed E-state index contributed by atoms with van der Waals surface area (Å²) in [6.07, 6.45) is 6.31. The highest BCUT2D eigenvalue weighted by molar-refractivity contribution is 6.05. The van der Waals surface area contributed by atoms with Crippen molar-refractivity contribution in [2.75, 3.05) is 5.32 Å². The number of carboxylic acid groups (broad SMARTS) is 1. The Morgan fingerprint density at radius 2 is 1.67 bits per heavy atom. The van der Waals surface area contributed by atoms with Crippen LogP contribution in [0.2, 0.25) is 0 Å². The predicted molar refractivity (Wildman–Crippen MR) is 88.5 cm³/mol. The fraction of sp³-hybridized carbons (Fsp3) is 0.389. The van der Waals surface area contributed by atoms with Crippen molar-refractivity contribution in [1.29, 1.82) is 0 Å². The lowest BCUT2D eigenvalue weighted by Gasteiger charge is -2.24. The number of nitrogens with one attached hydrogen (secondary N) is 2. The van der Waals surface area contributed by atoms with Gasteiger partial charge in [0.2, 0.25) is 5.91 Å². The minimum atomic E-state index is -0.973. The van der Waals surface area contributed by atoms with E-state index < -0.39 is 17.8 Å². The lowest BCUT2D eigenvalue weighted by molar-refractivity contribution is -0.146. The Morgan fingerprint density at radius 3 is 2.33 bits per heavy atom. The Hall–Kier alpha value is -2.63. The number of aliphatic carboxylic acids is 1. The molecule has 3 N–H and O–H groups in total. The van der Waals surface area contributed by atoms with Crippen molar-refractivity contribution in [2.24, 2.45) is 11.8 Å². The SMILES string of the molecule is O=C(NC1CC1)c1ccccc1NC(=O)[C@@H]1CC=CC[C@@H]1C(=O)O. The van der Waals surface area contributed by atoms with Gasteiger partial charge in [-0.3, -0.25) is 14.4 Å². The van der Waals surface area contributed by atoms with Gasteiger partial charge in [0.15, 0.2) is 0 Å². The summed E-state index contributed by atoms with van der Waals surface area (Å²) in [6, 6.07) is 7.01. The zero-order valence-electron chi connectivity index (χ0n) is 13.2. The molecule has 0 aromatic heterocycles. The molecule has 6 heteroatoms. The van der Waals surface area contributed by atoms with Crippen molar-refractivity contribution >= 4 is 23.5 Å². The second-order valence-electron chi connectivity index (χ2n) is 6.28. The van der Waals surface area contributed by atoms with Gasteiger partial charge in [-0.15, -0.1) is 0 Å². The van der Waals surface area contributed by atoms with E-state index in [9.17, 15) is 19.5 Å². The summed E-state index contributed by atoms with van der Waals surface area (Å²) in [5.41, 5.74) is 0.815. The topological polar surface area (TPSA) is 95.5 Å². The second kappa shape index (κ2) is 6.86. The molecule has 0 unspecified atom stereocenters. The molecular formula is C18H20N2O4. The maximum atomic E-state index is 12.6. The average molecular weight is 328 g/mol. The van der Waals surface area contributed by atoms with Gasteiger partial charge in [-0.05, 0) is 37.8 Å². The highest BCUT2D eigenvalue weighted by atomic mass is 16.4. The maximum Gasteiger partial charge on any atom is 0.307 e. The van der Waals surface area contributed by atoms with Crippen molar-refractivity contribution in [3.8, 4) is 0 Å². The molecule has 2 atom stereocenters. The van der Waals surface area contributed by atoms with E-state index in [0.29, 0.717) is 24.1 Å². The van der Waals surface area contributed by atoms with E-state index >= 15 is 0 Å². The number of carbonyl (C=O) groups is 3. The van der Waals surface area contributed by atoms with Gasteiger partial charge in [0, 0.05) is 6.04 Å². The molecule has 6 nitrogen and oxygen atoms in total. The average Bonchev–Trinajstić information content (AvgIpc) is 3.39. The lowest BCUT2D eigenvalue weighted by atomic mass is 9.82. The quantitative estimate of drug-likeness (QED) is 0.722. The second-order valence-corrected chi connectivity index (χ2v) is 6.28. The predicted octanol–water partition coefficient (Wildman–Crippen LogP) is 2.18. The number of hydrogen-bond acceptors (Lipinski definition) is 3. The summed E-state index contributed by atoms with van der Waals surface area (Å²) < 4.78 is 0. The number of rotatable bonds is 5. The van der Waals surface area contributed by atoms with Crippen LogP contribution in [0.4, 0.5) is 5.69 Å². The van der Waals surface area contributed by atoms with E-state index in [2.05, 4.69) is 10.6 Å². The molecule has 2 amide bonds. The van der Waals surface area contributed by atoms with Gasteiger partial charge in [-0.25, -0.2) is 0 Å². The van der Waals surface area contributed by atoms with Crippen LogP contribution in [0, 0.1) is 11.8 Å². The molecule has 0 saturated heterocycles. The first-order valence-electron chi connectivity index (χ1n) is 8.15. The molecule has 0 heterocycles. The van der Waals surface area contributed by atoms with Gasteiger partial charge in [0.25, 0.3) is 5.91 Å². The third-order valence-electron chi connectivity index (χ3n) is 4.43. The summed E-state index contributed by atoms with van der Waals surface area (Å²) in [6.45, 7) is 0. The van der Waals surface area contributed by atoms with Gasteiger partial charge in [-0.1, -0.05) is 24.3 Å². The van der Waals surface area contributed by atoms with Crippen LogP contribution in [0.1, 0.15) is 36.0 Å². The number of para-hydroxylation sites is 1.